The van der Waals surface area contributed by atoms with Gasteiger partial charge in [-0.2, -0.15) is 5.10 Å². The van der Waals surface area contributed by atoms with Crippen molar-refractivity contribution in [2.24, 2.45) is 0 Å². The fraction of sp³-hybridized carbons (Fsp3) is 0.114. The molecule has 228 valence electrons. The van der Waals surface area contributed by atoms with Gasteiger partial charge in [0.25, 0.3) is 5.91 Å². The Balaban J connectivity index is 1.21. The molecule has 0 bridgehead atoms. The lowest BCUT2D eigenvalue weighted by atomic mass is 10.0. The number of aromatic amines is 2. The van der Waals surface area contributed by atoms with Crippen molar-refractivity contribution in [3.8, 4) is 33.8 Å². The zero-order valence-corrected chi connectivity index (χ0v) is 25.2. The van der Waals surface area contributed by atoms with Crippen LogP contribution in [0, 0.1) is 5.82 Å². The summed E-state index contributed by atoms with van der Waals surface area (Å²) in [7, 11) is 3.99. The van der Waals surface area contributed by atoms with E-state index in [0.717, 1.165) is 28.6 Å². The first-order chi connectivity index (χ1) is 22.4. The molecule has 7 rings (SSSR count). The monoisotopic (exact) mass is 611 g/mol. The number of halogens is 1. The van der Waals surface area contributed by atoms with Crippen LogP contribution in [0.4, 0.5) is 15.8 Å². The Bertz CT molecular complexity index is 2190. The van der Waals surface area contributed by atoms with Gasteiger partial charge in [0.1, 0.15) is 11.5 Å². The summed E-state index contributed by atoms with van der Waals surface area (Å²) in [5, 5.41) is 14.7. The molecule has 0 aliphatic rings. The number of pyridine rings is 2. The number of benzene rings is 3. The maximum absolute atomic E-state index is 14.7. The van der Waals surface area contributed by atoms with Gasteiger partial charge in [0.2, 0.25) is 0 Å². The molecule has 7 aromatic rings. The number of hydrogen-bond acceptors (Lipinski definition) is 7. The van der Waals surface area contributed by atoms with Gasteiger partial charge in [-0.15, -0.1) is 0 Å². The van der Waals surface area contributed by atoms with Gasteiger partial charge in [0, 0.05) is 53.2 Å². The van der Waals surface area contributed by atoms with E-state index in [1.165, 1.54) is 12.1 Å². The molecule has 0 spiro atoms. The first kappa shape index (κ1) is 28.8. The molecule has 4 N–H and O–H groups in total. The number of carbonyl (C=O) groups excluding carboxylic acids is 1. The zero-order chi connectivity index (χ0) is 31.6. The Labute approximate surface area is 263 Å². The fourth-order valence-corrected chi connectivity index (χ4v) is 5.36. The second-order valence-electron chi connectivity index (χ2n) is 11.2. The van der Waals surface area contributed by atoms with Crippen molar-refractivity contribution in [1.29, 1.82) is 0 Å². The number of carbonyl (C=O) groups is 1. The second-order valence-corrected chi connectivity index (χ2v) is 11.2. The number of fused-ring (bicyclic) bond motifs is 2. The minimum atomic E-state index is -0.346. The molecule has 10 nitrogen and oxygen atoms in total. The van der Waals surface area contributed by atoms with Crippen LogP contribution in [-0.4, -0.2) is 68.1 Å². The summed E-state index contributed by atoms with van der Waals surface area (Å²) in [6, 6.07) is 21.7. The van der Waals surface area contributed by atoms with Crippen LogP contribution < -0.4 is 10.6 Å². The van der Waals surface area contributed by atoms with Crippen molar-refractivity contribution in [3.05, 3.63) is 109 Å². The van der Waals surface area contributed by atoms with Crippen LogP contribution in [0.15, 0.2) is 97.6 Å². The van der Waals surface area contributed by atoms with E-state index in [4.69, 9.17) is 4.98 Å². The summed E-state index contributed by atoms with van der Waals surface area (Å²) < 4.78 is 14.7. The number of nitrogens with one attached hydrogen (secondary N) is 4. The van der Waals surface area contributed by atoms with Crippen LogP contribution in [0.1, 0.15) is 10.4 Å². The van der Waals surface area contributed by atoms with Crippen molar-refractivity contribution in [2.45, 2.75) is 0 Å². The van der Waals surface area contributed by atoms with Gasteiger partial charge in [0.15, 0.2) is 5.82 Å². The molecular weight excluding hydrogens is 581 g/mol. The number of aromatic nitrogens is 6. The predicted octanol–water partition coefficient (Wildman–Crippen LogP) is 6.60. The predicted molar refractivity (Wildman–Crippen MR) is 179 cm³/mol. The third kappa shape index (κ3) is 5.91. The Morgan fingerprint density at radius 3 is 2.52 bits per heavy atom. The van der Waals surface area contributed by atoms with Crippen molar-refractivity contribution in [3.63, 3.8) is 0 Å². The van der Waals surface area contributed by atoms with Crippen molar-refractivity contribution < 1.29 is 9.18 Å². The zero-order valence-electron chi connectivity index (χ0n) is 25.2. The molecular formula is C35H30FN9O. The first-order valence-electron chi connectivity index (χ1n) is 14.7. The number of hydrogen-bond donors (Lipinski definition) is 4. The van der Waals surface area contributed by atoms with Crippen LogP contribution >= 0.6 is 0 Å². The second kappa shape index (κ2) is 12.2. The topological polar surface area (TPSA) is 128 Å². The van der Waals surface area contributed by atoms with E-state index < -0.39 is 0 Å². The van der Waals surface area contributed by atoms with Crippen LogP contribution in [0.5, 0.6) is 0 Å². The van der Waals surface area contributed by atoms with Gasteiger partial charge in [-0.25, -0.2) is 9.37 Å². The Morgan fingerprint density at radius 2 is 1.67 bits per heavy atom. The molecule has 46 heavy (non-hydrogen) atoms. The van der Waals surface area contributed by atoms with E-state index in [2.05, 4.69) is 40.7 Å². The van der Waals surface area contributed by atoms with Gasteiger partial charge < -0.3 is 20.5 Å². The average molecular weight is 612 g/mol. The van der Waals surface area contributed by atoms with Crippen LogP contribution in [-0.2, 0) is 0 Å². The normalized spacial score (nSPS) is 11.4. The van der Waals surface area contributed by atoms with Gasteiger partial charge in [-0.3, -0.25) is 19.9 Å². The van der Waals surface area contributed by atoms with Crippen molar-refractivity contribution in [2.75, 3.05) is 37.8 Å². The lowest BCUT2D eigenvalue weighted by Crippen LogP contribution is -2.20. The molecule has 0 saturated carbocycles. The van der Waals surface area contributed by atoms with Gasteiger partial charge in [-0.1, -0.05) is 24.3 Å². The van der Waals surface area contributed by atoms with Crippen LogP contribution in [0.2, 0.25) is 0 Å². The lowest BCUT2D eigenvalue weighted by molar-refractivity contribution is 0.102. The molecule has 11 heteroatoms. The summed E-state index contributed by atoms with van der Waals surface area (Å²) >= 11 is 0. The summed E-state index contributed by atoms with van der Waals surface area (Å²) in [5.41, 5.74) is 7.77. The molecule has 0 aliphatic carbocycles. The summed E-state index contributed by atoms with van der Waals surface area (Å²) in [5.74, 6) is -0.00191. The minimum Gasteiger partial charge on any atom is -0.384 e. The quantitative estimate of drug-likeness (QED) is 0.145. The number of imidazole rings is 1. The Kier molecular flexibility index (Phi) is 7.65. The maximum Gasteiger partial charge on any atom is 0.255 e. The van der Waals surface area contributed by atoms with Gasteiger partial charge >= 0.3 is 0 Å². The molecule has 0 radical (unpaired) electrons. The maximum atomic E-state index is 14.7. The van der Waals surface area contributed by atoms with Crippen LogP contribution in [0.25, 0.3) is 55.7 Å². The Morgan fingerprint density at radius 1 is 0.848 bits per heavy atom. The highest BCUT2D eigenvalue weighted by Gasteiger charge is 2.17. The molecule has 0 atom stereocenters. The molecule has 0 fully saturated rings. The van der Waals surface area contributed by atoms with Gasteiger partial charge in [-0.05, 0) is 73.8 Å². The molecule has 0 unspecified atom stereocenters. The van der Waals surface area contributed by atoms with Gasteiger partial charge in [0.05, 0.1) is 34.6 Å². The average Bonchev–Trinajstić information content (AvgIpc) is 3.69. The standard InChI is InChI=1S/C35H30FN9O/c1-45(2)11-10-39-26-13-23(12-25(36)16-26)29-19-38-20-31-32(29)42-34(41-31)33-28-15-22(8-9-30(28)43-44-33)24-14-27(18-37-17-24)40-35(46)21-6-4-3-5-7-21/h3-9,12-20,39H,10-11H2,1-2H3,(H,40,46)(H,41,42)(H,43,44). The van der Waals surface area contributed by atoms with E-state index in [-0.39, 0.29) is 11.7 Å². The SMILES string of the molecule is CN(C)CCNc1cc(F)cc(-c2cncc3[nH]c(-c4n[nH]c5ccc(-c6cncc(NC(=O)c7ccccc7)c6)cc45)nc23)c1. The number of rotatable bonds is 9. The third-order valence-electron chi connectivity index (χ3n) is 7.64. The minimum absolute atomic E-state index is 0.207. The number of H-pyrrole nitrogens is 2. The highest BCUT2D eigenvalue weighted by Crippen LogP contribution is 2.34. The highest BCUT2D eigenvalue weighted by molar-refractivity contribution is 6.04. The van der Waals surface area contributed by atoms with E-state index in [1.807, 2.05) is 62.6 Å². The number of nitrogens with zero attached hydrogens (tertiary/aromatic N) is 5. The number of likely N-dealkylation sites (N-methyl/N-ethyl adjacent to an activating group) is 1. The molecule has 0 aliphatic heterocycles. The molecule has 1 amide bonds. The van der Waals surface area contributed by atoms with Crippen LogP contribution in [0.3, 0.4) is 0 Å². The largest absolute Gasteiger partial charge is 0.384 e. The first-order valence-corrected chi connectivity index (χ1v) is 14.7. The summed E-state index contributed by atoms with van der Waals surface area (Å²) in [4.78, 5) is 31.8. The lowest BCUT2D eigenvalue weighted by Gasteiger charge is -2.12. The highest BCUT2D eigenvalue weighted by atomic mass is 19.1. The van der Waals surface area contributed by atoms with E-state index in [0.29, 0.717) is 57.2 Å². The van der Waals surface area contributed by atoms with E-state index >= 15 is 0 Å². The fourth-order valence-electron chi connectivity index (χ4n) is 5.36. The molecule has 4 aromatic heterocycles. The van der Waals surface area contributed by atoms with Crippen molar-refractivity contribution in [1.82, 2.24) is 35.0 Å². The number of amides is 1. The molecule has 0 saturated heterocycles. The van der Waals surface area contributed by atoms with Crippen molar-refractivity contribution >= 4 is 39.2 Å². The van der Waals surface area contributed by atoms with E-state index in [1.54, 1.807) is 36.9 Å². The number of anilines is 2. The molecule has 4 heterocycles. The summed E-state index contributed by atoms with van der Waals surface area (Å²) in [6.07, 6.45) is 6.77. The Hall–Kier alpha value is -5.94. The molecule has 3 aromatic carbocycles. The third-order valence-corrected chi connectivity index (χ3v) is 7.64. The smallest absolute Gasteiger partial charge is 0.255 e. The van der Waals surface area contributed by atoms with E-state index in [9.17, 15) is 9.18 Å². The summed E-state index contributed by atoms with van der Waals surface area (Å²) in [6.45, 7) is 1.50.